The molecule has 0 saturated carbocycles. The molecule has 3 nitrogen and oxygen atoms in total. The van der Waals surface area contributed by atoms with Crippen LogP contribution in [0.5, 0.6) is 0 Å². The highest BCUT2D eigenvalue weighted by Gasteiger charge is 2.24. The molecule has 0 aromatic heterocycles. The summed E-state index contributed by atoms with van der Waals surface area (Å²) in [6.45, 7) is 7.32. The zero-order valence-electron chi connectivity index (χ0n) is 15.2. The zero-order valence-corrected chi connectivity index (χ0v) is 15.2. The van der Waals surface area contributed by atoms with Gasteiger partial charge in [-0.05, 0) is 42.3 Å². The fourth-order valence-electron chi connectivity index (χ4n) is 3.69. The van der Waals surface area contributed by atoms with E-state index in [9.17, 15) is 4.39 Å². The second kappa shape index (κ2) is 7.42. The van der Waals surface area contributed by atoms with E-state index in [1.807, 2.05) is 6.07 Å². The number of piperazine rings is 1. The predicted molar refractivity (Wildman–Crippen MR) is 105 cm³/mol. The number of fused-ring (bicyclic) bond motifs is 1. The van der Waals surface area contributed by atoms with Gasteiger partial charge in [-0.2, -0.15) is 0 Å². The molecule has 1 fully saturated rings. The maximum absolute atomic E-state index is 13.7. The molecule has 0 unspecified atom stereocenters. The van der Waals surface area contributed by atoms with E-state index in [0.717, 1.165) is 60.9 Å². The molecule has 2 aliphatic heterocycles. The first-order valence-electron chi connectivity index (χ1n) is 9.35. The minimum Gasteiger partial charge on any atom is -0.354 e. The van der Waals surface area contributed by atoms with E-state index < -0.39 is 0 Å². The third-order valence-electron chi connectivity index (χ3n) is 5.24. The van der Waals surface area contributed by atoms with Gasteiger partial charge in [-0.25, -0.2) is 9.38 Å². The number of halogens is 1. The van der Waals surface area contributed by atoms with Gasteiger partial charge in [0.15, 0.2) is 0 Å². The first-order chi connectivity index (χ1) is 12.7. The number of rotatable bonds is 2. The maximum atomic E-state index is 13.7. The van der Waals surface area contributed by atoms with Gasteiger partial charge in [-0.3, -0.25) is 0 Å². The molecule has 0 spiro atoms. The second-order valence-corrected chi connectivity index (χ2v) is 6.82. The molecule has 26 heavy (non-hydrogen) atoms. The summed E-state index contributed by atoms with van der Waals surface area (Å²) in [4.78, 5) is 9.84. The van der Waals surface area contributed by atoms with Crippen molar-refractivity contribution in [2.45, 2.75) is 13.3 Å². The van der Waals surface area contributed by atoms with Gasteiger partial charge in [0.1, 0.15) is 11.7 Å². The number of allylic oxidation sites excluding steroid dienone is 1. The van der Waals surface area contributed by atoms with Crippen LogP contribution >= 0.6 is 0 Å². The average Bonchev–Trinajstić information content (AvgIpc) is 2.88. The predicted octanol–water partition coefficient (Wildman–Crippen LogP) is 4.13. The minimum absolute atomic E-state index is 0.200. The largest absolute Gasteiger partial charge is 0.354 e. The molecule has 2 aromatic rings. The Labute approximate surface area is 154 Å². The van der Waals surface area contributed by atoms with Crippen LogP contribution in [0.1, 0.15) is 18.1 Å². The monoisotopic (exact) mass is 349 g/mol. The standard InChI is InChI=1S/C22H24FN3/c1-2-25-12-14-26(15-13-25)22-20(17-6-4-3-5-7-17)10-8-18-16-19(23)9-11-21(18)24-22/h3-7,9-11,16H,2,8,12-15H2,1H3. The van der Waals surface area contributed by atoms with Crippen molar-refractivity contribution in [3.63, 3.8) is 0 Å². The van der Waals surface area contributed by atoms with Gasteiger partial charge in [-0.1, -0.05) is 43.3 Å². The van der Waals surface area contributed by atoms with Crippen molar-refractivity contribution in [1.29, 1.82) is 0 Å². The lowest BCUT2D eigenvalue weighted by Crippen LogP contribution is -2.48. The van der Waals surface area contributed by atoms with Crippen molar-refractivity contribution in [3.8, 4) is 0 Å². The lowest BCUT2D eigenvalue weighted by Gasteiger charge is -2.36. The highest BCUT2D eigenvalue weighted by Crippen LogP contribution is 2.30. The second-order valence-electron chi connectivity index (χ2n) is 6.82. The zero-order chi connectivity index (χ0) is 17.9. The molecule has 0 atom stereocenters. The molecular formula is C22H24FN3. The van der Waals surface area contributed by atoms with E-state index >= 15 is 0 Å². The summed E-state index contributed by atoms with van der Waals surface area (Å²) in [5.74, 6) is 0.811. The number of amidine groups is 1. The third kappa shape index (κ3) is 3.42. The number of aliphatic imine (C=N–C) groups is 1. The Hall–Kier alpha value is -2.46. The van der Waals surface area contributed by atoms with E-state index in [4.69, 9.17) is 4.99 Å². The summed E-state index contributed by atoms with van der Waals surface area (Å²) >= 11 is 0. The average molecular weight is 349 g/mol. The van der Waals surface area contributed by atoms with Crippen molar-refractivity contribution in [3.05, 3.63) is 71.6 Å². The number of nitrogens with zero attached hydrogens (tertiary/aromatic N) is 3. The first-order valence-corrected chi connectivity index (χ1v) is 9.35. The van der Waals surface area contributed by atoms with E-state index in [0.29, 0.717) is 6.42 Å². The van der Waals surface area contributed by atoms with Crippen molar-refractivity contribution in [1.82, 2.24) is 9.80 Å². The quantitative estimate of drug-likeness (QED) is 0.812. The molecule has 0 amide bonds. The van der Waals surface area contributed by atoms with Crippen LogP contribution in [-0.4, -0.2) is 48.4 Å². The van der Waals surface area contributed by atoms with Crippen LogP contribution in [0.25, 0.3) is 5.57 Å². The van der Waals surface area contributed by atoms with E-state index in [1.165, 1.54) is 6.07 Å². The van der Waals surface area contributed by atoms with E-state index in [1.54, 1.807) is 12.1 Å². The summed E-state index contributed by atoms with van der Waals surface area (Å²) in [6.07, 6.45) is 2.89. The maximum Gasteiger partial charge on any atom is 0.136 e. The summed E-state index contributed by atoms with van der Waals surface area (Å²) < 4.78 is 13.7. The van der Waals surface area contributed by atoms with Crippen molar-refractivity contribution in [2.24, 2.45) is 4.99 Å². The molecular weight excluding hydrogens is 325 g/mol. The number of hydrogen-bond donors (Lipinski definition) is 0. The van der Waals surface area contributed by atoms with Crippen LogP contribution in [0.3, 0.4) is 0 Å². The molecule has 2 heterocycles. The van der Waals surface area contributed by atoms with Gasteiger partial charge < -0.3 is 9.80 Å². The molecule has 1 saturated heterocycles. The van der Waals surface area contributed by atoms with E-state index in [2.05, 4.69) is 47.1 Å². The highest BCUT2D eigenvalue weighted by molar-refractivity contribution is 6.23. The molecule has 134 valence electrons. The third-order valence-corrected chi connectivity index (χ3v) is 5.24. The number of hydrogen-bond acceptors (Lipinski definition) is 3. The molecule has 4 rings (SSSR count). The van der Waals surface area contributed by atoms with Crippen molar-refractivity contribution >= 4 is 17.1 Å². The summed E-state index contributed by atoms with van der Waals surface area (Å²) in [5, 5.41) is 0. The lowest BCUT2D eigenvalue weighted by atomic mass is 10.0. The lowest BCUT2D eigenvalue weighted by molar-refractivity contribution is 0.191. The van der Waals surface area contributed by atoms with Crippen LogP contribution < -0.4 is 0 Å². The molecule has 0 N–H and O–H groups in total. The molecule has 0 bridgehead atoms. The molecule has 2 aliphatic rings. The Bertz CT molecular complexity index is 834. The topological polar surface area (TPSA) is 18.8 Å². The molecule has 0 aliphatic carbocycles. The van der Waals surface area contributed by atoms with Gasteiger partial charge in [0, 0.05) is 31.8 Å². The van der Waals surface area contributed by atoms with Crippen molar-refractivity contribution < 1.29 is 4.39 Å². The Balaban J connectivity index is 1.75. The van der Waals surface area contributed by atoms with Crippen LogP contribution in [0, 0.1) is 5.82 Å². The minimum atomic E-state index is -0.200. The SMILES string of the molecule is CCN1CCN(C2=Nc3ccc(F)cc3CC=C2c2ccccc2)CC1. The fraction of sp³-hybridized carbons (Fsp3) is 0.318. The fourth-order valence-corrected chi connectivity index (χ4v) is 3.69. The first kappa shape index (κ1) is 17.0. The summed E-state index contributed by atoms with van der Waals surface area (Å²) in [5.41, 5.74) is 4.13. The Kier molecular flexibility index (Phi) is 4.85. The van der Waals surface area contributed by atoms with Gasteiger partial charge in [-0.15, -0.1) is 0 Å². The molecule has 2 aromatic carbocycles. The highest BCUT2D eigenvalue weighted by atomic mass is 19.1. The molecule has 4 heteroatoms. The van der Waals surface area contributed by atoms with Gasteiger partial charge >= 0.3 is 0 Å². The number of likely N-dealkylation sites (N-methyl/N-ethyl adjacent to an activating group) is 1. The van der Waals surface area contributed by atoms with Crippen LogP contribution in [0.4, 0.5) is 10.1 Å². The van der Waals surface area contributed by atoms with Crippen LogP contribution in [0.15, 0.2) is 59.6 Å². The Morgan fingerprint density at radius 3 is 2.50 bits per heavy atom. The normalized spacial score (nSPS) is 18.0. The summed E-state index contributed by atoms with van der Waals surface area (Å²) in [6, 6.07) is 15.3. The van der Waals surface area contributed by atoms with E-state index in [-0.39, 0.29) is 5.82 Å². The van der Waals surface area contributed by atoms with Crippen molar-refractivity contribution in [2.75, 3.05) is 32.7 Å². The molecule has 0 radical (unpaired) electrons. The van der Waals surface area contributed by atoms with Crippen LogP contribution in [0.2, 0.25) is 0 Å². The Morgan fingerprint density at radius 1 is 1.00 bits per heavy atom. The number of benzene rings is 2. The van der Waals surface area contributed by atoms with Gasteiger partial charge in [0.25, 0.3) is 0 Å². The van der Waals surface area contributed by atoms with Gasteiger partial charge in [0.05, 0.1) is 5.69 Å². The Morgan fingerprint density at radius 2 is 1.77 bits per heavy atom. The van der Waals surface area contributed by atoms with Crippen LogP contribution in [-0.2, 0) is 6.42 Å². The van der Waals surface area contributed by atoms with Gasteiger partial charge in [0.2, 0.25) is 0 Å². The summed E-state index contributed by atoms with van der Waals surface area (Å²) in [7, 11) is 0. The smallest absolute Gasteiger partial charge is 0.136 e.